The second kappa shape index (κ2) is 5.96. The number of carbonyl (C=O) groups is 3. The molecule has 0 spiro atoms. The van der Waals surface area contributed by atoms with Gasteiger partial charge >= 0.3 is 5.97 Å². The van der Waals surface area contributed by atoms with E-state index in [9.17, 15) is 14.4 Å². The molecule has 0 aliphatic carbocycles. The van der Waals surface area contributed by atoms with Crippen molar-refractivity contribution >= 4 is 23.5 Å². The molecule has 0 unspecified atom stereocenters. The number of furan rings is 1. The minimum absolute atomic E-state index is 0.128. The first kappa shape index (κ1) is 14.8. The SMILES string of the molecule is O=C(O)CCN1C(=O)c2ccc(NCc3ccco3)cc2C1=O. The van der Waals surface area contributed by atoms with Crippen LogP contribution in [0.3, 0.4) is 0 Å². The van der Waals surface area contributed by atoms with Gasteiger partial charge < -0.3 is 14.8 Å². The number of carboxylic acids is 1. The third kappa shape index (κ3) is 2.94. The number of fused-ring (bicyclic) bond motifs is 1. The van der Waals surface area contributed by atoms with E-state index in [1.807, 2.05) is 6.07 Å². The van der Waals surface area contributed by atoms with Crippen molar-refractivity contribution in [3.63, 3.8) is 0 Å². The number of nitrogens with one attached hydrogen (secondary N) is 1. The van der Waals surface area contributed by atoms with Gasteiger partial charge in [0.25, 0.3) is 11.8 Å². The highest BCUT2D eigenvalue weighted by Gasteiger charge is 2.35. The van der Waals surface area contributed by atoms with Gasteiger partial charge in [0.05, 0.1) is 30.4 Å². The molecule has 118 valence electrons. The van der Waals surface area contributed by atoms with Crippen molar-refractivity contribution in [2.75, 3.05) is 11.9 Å². The third-order valence-electron chi connectivity index (χ3n) is 3.57. The van der Waals surface area contributed by atoms with E-state index in [1.165, 1.54) is 0 Å². The average molecular weight is 314 g/mol. The van der Waals surface area contributed by atoms with E-state index in [-0.39, 0.29) is 18.5 Å². The van der Waals surface area contributed by atoms with Crippen LogP contribution in [0.1, 0.15) is 32.9 Å². The topological polar surface area (TPSA) is 99.8 Å². The highest BCUT2D eigenvalue weighted by atomic mass is 16.4. The summed E-state index contributed by atoms with van der Waals surface area (Å²) in [7, 11) is 0. The zero-order valence-corrected chi connectivity index (χ0v) is 12.1. The van der Waals surface area contributed by atoms with Gasteiger partial charge in [0.2, 0.25) is 0 Å². The summed E-state index contributed by atoms with van der Waals surface area (Å²) in [5.74, 6) is -1.23. The lowest BCUT2D eigenvalue weighted by Gasteiger charge is -2.11. The van der Waals surface area contributed by atoms with Crippen LogP contribution in [0.2, 0.25) is 0 Å². The highest BCUT2D eigenvalue weighted by molar-refractivity contribution is 6.21. The van der Waals surface area contributed by atoms with Crippen LogP contribution in [0.5, 0.6) is 0 Å². The molecule has 0 radical (unpaired) electrons. The molecule has 1 aromatic carbocycles. The van der Waals surface area contributed by atoms with Crippen LogP contribution in [-0.2, 0) is 11.3 Å². The molecule has 7 nitrogen and oxygen atoms in total. The second-order valence-corrected chi connectivity index (χ2v) is 5.10. The summed E-state index contributed by atoms with van der Waals surface area (Å²) in [5, 5.41) is 11.8. The first-order chi connectivity index (χ1) is 11.1. The van der Waals surface area contributed by atoms with Gasteiger partial charge in [0.1, 0.15) is 5.76 Å². The highest BCUT2D eigenvalue weighted by Crippen LogP contribution is 2.26. The van der Waals surface area contributed by atoms with Crippen molar-refractivity contribution in [2.24, 2.45) is 0 Å². The van der Waals surface area contributed by atoms with Crippen LogP contribution in [-0.4, -0.2) is 34.3 Å². The predicted octanol–water partition coefficient (Wildman–Crippen LogP) is 1.96. The normalized spacial score (nSPS) is 13.3. The molecule has 0 saturated heterocycles. The summed E-state index contributed by atoms with van der Waals surface area (Å²) < 4.78 is 5.21. The molecule has 0 saturated carbocycles. The van der Waals surface area contributed by atoms with Gasteiger partial charge in [-0.2, -0.15) is 0 Å². The Labute approximate surface area is 131 Å². The molecule has 2 heterocycles. The first-order valence-electron chi connectivity index (χ1n) is 7.04. The summed E-state index contributed by atoms with van der Waals surface area (Å²) in [5.41, 5.74) is 1.26. The largest absolute Gasteiger partial charge is 0.481 e. The number of aliphatic carboxylic acids is 1. The Kier molecular flexibility index (Phi) is 3.84. The van der Waals surface area contributed by atoms with E-state index < -0.39 is 17.8 Å². The Balaban J connectivity index is 1.75. The average Bonchev–Trinajstić information content (AvgIpc) is 3.12. The van der Waals surface area contributed by atoms with Crippen molar-refractivity contribution in [1.29, 1.82) is 0 Å². The molecular formula is C16H14N2O5. The number of anilines is 1. The zero-order chi connectivity index (χ0) is 16.4. The zero-order valence-electron chi connectivity index (χ0n) is 12.1. The standard InChI is InChI=1S/C16H14N2O5/c19-14(20)5-6-18-15(21)12-4-3-10(8-13(12)16(18)22)17-9-11-2-1-7-23-11/h1-4,7-8,17H,5-6,9H2,(H,19,20). The molecule has 1 aliphatic heterocycles. The van der Waals surface area contributed by atoms with Crippen molar-refractivity contribution in [1.82, 2.24) is 4.90 Å². The first-order valence-corrected chi connectivity index (χ1v) is 7.04. The quantitative estimate of drug-likeness (QED) is 0.791. The van der Waals surface area contributed by atoms with Crippen molar-refractivity contribution in [3.05, 3.63) is 53.5 Å². The summed E-state index contributed by atoms with van der Waals surface area (Å²) in [6.07, 6.45) is 1.30. The van der Waals surface area contributed by atoms with E-state index in [0.717, 1.165) is 10.7 Å². The lowest BCUT2D eigenvalue weighted by molar-refractivity contribution is -0.137. The number of carbonyl (C=O) groups excluding carboxylic acids is 2. The maximum Gasteiger partial charge on any atom is 0.305 e. The molecule has 3 rings (SSSR count). The van der Waals surface area contributed by atoms with Gasteiger partial charge in [0.15, 0.2) is 0 Å². The number of nitrogens with zero attached hydrogens (tertiary/aromatic N) is 1. The Morgan fingerprint density at radius 1 is 1.17 bits per heavy atom. The molecule has 0 fully saturated rings. The fourth-order valence-corrected chi connectivity index (χ4v) is 2.41. The van der Waals surface area contributed by atoms with E-state index >= 15 is 0 Å². The smallest absolute Gasteiger partial charge is 0.305 e. The number of hydrogen-bond donors (Lipinski definition) is 2. The maximum absolute atomic E-state index is 12.3. The minimum atomic E-state index is -1.05. The summed E-state index contributed by atoms with van der Waals surface area (Å²) in [6, 6.07) is 8.47. The third-order valence-corrected chi connectivity index (χ3v) is 3.57. The number of imide groups is 1. The molecular weight excluding hydrogens is 300 g/mol. The van der Waals surface area contributed by atoms with Crippen LogP contribution in [0.25, 0.3) is 0 Å². The predicted molar refractivity (Wildman–Crippen MR) is 80.1 cm³/mol. The Morgan fingerprint density at radius 2 is 1.96 bits per heavy atom. The molecule has 0 bridgehead atoms. The van der Waals surface area contributed by atoms with Gasteiger partial charge in [-0.25, -0.2) is 0 Å². The van der Waals surface area contributed by atoms with Crippen molar-refractivity contribution in [3.8, 4) is 0 Å². The number of amides is 2. The Bertz CT molecular complexity index is 767. The second-order valence-electron chi connectivity index (χ2n) is 5.10. The van der Waals surface area contributed by atoms with Gasteiger partial charge in [0, 0.05) is 12.2 Å². The fourth-order valence-electron chi connectivity index (χ4n) is 2.41. The van der Waals surface area contributed by atoms with Crippen LogP contribution < -0.4 is 5.32 Å². The number of hydrogen-bond acceptors (Lipinski definition) is 5. The van der Waals surface area contributed by atoms with Gasteiger partial charge in [-0.1, -0.05) is 0 Å². The molecule has 2 aromatic rings. The maximum atomic E-state index is 12.3. The Hall–Kier alpha value is -3.09. The van der Waals surface area contributed by atoms with Gasteiger partial charge in [-0.15, -0.1) is 0 Å². The number of rotatable bonds is 6. The van der Waals surface area contributed by atoms with Crippen LogP contribution in [0, 0.1) is 0 Å². The summed E-state index contributed by atoms with van der Waals surface area (Å²) in [6.45, 7) is 0.327. The summed E-state index contributed by atoms with van der Waals surface area (Å²) in [4.78, 5) is 36.0. The van der Waals surface area contributed by atoms with Crippen molar-refractivity contribution in [2.45, 2.75) is 13.0 Å². The van der Waals surface area contributed by atoms with Crippen LogP contribution in [0.15, 0.2) is 41.0 Å². The van der Waals surface area contributed by atoms with Crippen molar-refractivity contribution < 1.29 is 23.9 Å². The summed E-state index contributed by atoms with van der Waals surface area (Å²) >= 11 is 0. The van der Waals surface area contributed by atoms with E-state index in [2.05, 4.69) is 5.32 Å². The lowest BCUT2D eigenvalue weighted by Crippen LogP contribution is -2.31. The lowest BCUT2D eigenvalue weighted by atomic mass is 10.1. The Morgan fingerprint density at radius 3 is 2.65 bits per heavy atom. The van der Waals surface area contributed by atoms with E-state index in [0.29, 0.717) is 17.8 Å². The molecule has 7 heteroatoms. The van der Waals surface area contributed by atoms with E-state index in [1.54, 1.807) is 30.5 Å². The van der Waals surface area contributed by atoms with Crippen LogP contribution >= 0.6 is 0 Å². The van der Waals surface area contributed by atoms with E-state index in [4.69, 9.17) is 9.52 Å². The minimum Gasteiger partial charge on any atom is -0.481 e. The molecule has 2 amide bonds. The fraction of sp³-hybridized carbons (Fsp3) is 0.188. The molecule has 23 heavy (non-hydrogen) atoms. The van der Waals surface area contributed by atoms with Gasteiger partial charge in [-0.3, -0.25) is 19.3 Å². The molecule has 2 N–H and O–H groups in total. The van der Waals surface area contributed by atoms with Gasteiger partial charge in [-0.05, 0) is 30.3 Å². The monoisotopic (exact) mass is 314 g/mol. The van der Waals surface area contributed by atoms with Crippen LogP contribution in [0.4, 0.5) is 5.69 Å². The molecule has 1 aromatic heterocycles. The number of benzene rings is 1. The molecule has 0 atom stereocenters. The molecule has 1 aliphatic rings. The number of carboxylic acid groups (broad SMARTS) is 1.